The van der Waals surface area contributed by atoms with Gasteiger partial charge in [0.25, 0.3) is 0 Å². The van der Waals surface area contributed by atoms with Crippen LogP contribution >= 0.6 is 0 Å². The maximum atomic E-state index is 10.3. The van der Waals surface area contributed by atoms with Crippen molar-refractivity contribution in [2.24, 2.45) is 0 Å². The fraction of sp³-hybridized carbons (Fsp3) is 0.300. The van der Waals surface area contributed by atoms with Gasteiger partial charge in [0.1, 0.15) is 5.75 Å². The van der Waals surface area contributed by atoms with Crippen molar-refractivity contribution < 1.29 is 14.6 Å². The van der Waals surface area contributed by atoms with Crippen molar-refractivity contribution in [2.45, 2.75) is 13.8 Å². The zero-order chi connectivity index (χ0) is 10.7. The van der Waals surface area contributed by atoms with Crippen LogP contribution in [0.1, 0.15) is 11.1 Å². The standard InChI is InChI=1S/C10H13NO3/c1-6-3-8(14-5-9(12)13)4-7(2)10(6)11/h3-4H,5,11H2,1-2H3,(H,12,13). The first kappa shape index (κ1) is 10.4. The number of aliphatic carboxylic acids is 1. The molecule has 14 heavy (non-hydrogen) atoms. The molecular formula is C10H13NO3. The summed E-state index contributed by atoms with van der Waals surface area (Å²) < 4.78 is 5.03. The third kappa shape index (κ3) is 2.39. The molecule has 0 aliphatic carbocycles. The second-order valence-corrected chi connectivity index (χ2v) is 3.15. The first-order valence-corrected chi connectivity index (χ1v) is 4.22. The number of anilines is 1. The molecule has 0 aliphatic heterocycles. The number of nitrogen functional groups attached to an aromatic ring is 1. The number of hydrogen-bond donors (Lipinski definition) is 2. The largest absolute Gasteiger partial charge is 0.482 e. The Bertz CT molecular complexity index is 337. The van der Waals surface area contributed by atoms with Gasteiger partial charge in [0.15, 0.2) is 6.61 Å². The highest BCUT2D eigenvalue weighted by Crippen LogP contribution is 2.23. The molecule has 4 heteroatoms. The lowest BCUT2D eigenvalue weighted by Crippen LogP contribution is -2.09. The second-order valence-electron chi connectivity index (χ2n) is 3.15. The molecule has 1 aromatic carbocycles. The summed E-state index contributed by atoms with van der Waals surface area (Å²) in [5, 5.41) is 8.42. The van der Waals surface area contributed by atoms with Crippen molar-refractivity contribution in [3.63, 3.8) is 0 Å². The average molecular weight is 195 g/mol. The first-order valence-electron chi connectivity index (χ1n) is 4.22. The summed E-state index contributed by atoms with van der Waals surface area (Å²) in [5.41, 5.74) is 8.24. The summed E-state index contributed by atoms with van der Waals surface area (Å²) in [4.78, 5) is 10.3. The summed E-state index contributed by atoms with van der Waals surface area (Å²) in [6.45, 7) is 3.38. The fourth-order valence-electron chi connectivity index (χ4n) is 1.16. The Morgan fingerprint density at radius 1 is 1.43 bits per heavy atom. The van der Waals surface area contributed by atoms with Crippen LogP contribution in [0.15, 0.2) is 12.1 Å². The topological polar surface area (TPSA) is 72.5 Å². The third-order valence-electron chi connectivity index (χ3n) is 1.93. The molecule has 0 aliphatic rings. The van der Waals surface area contributed by atoms with Crippen molar-refractivity contribution in [2.75, 3.05) is 12.3 Å². The molecule has 0 heterocycles. The van der Waals surface area contributed by atoms with Crippen molar-refractivity contribution >= 4 is 11.7 Å². The van der Waals surface area contributed by atoms with Gasteiger partial charge in [-0.1, -0.05) is 0 Å². The van der Waals surface area contributed by atoms with E-state index in [2.05, 4.69) is 0 Å². The van der Waals surface area contributed by atoms with E-state index in [1.54, 1.807) is 12.1 Å². The maximum absolute atomic E-state index is 10.3. The third-order valence-corrected chi connectivity index (χ3v) is 1.93. The number of carboxylic acid groups (broad SMARTS) is 1. The molecule has 1 aromatic rings. The highest BCUT2D eigenvalue weighted by Gasteiger charge is 2.04. The van der Waals surface area contributed by atoms with Gasteiger partial charge in [-0.2, -0.15) is 0 Å². The van der Waals surface area contributed by atoms with Gasteiger partial charge in [-0.05, 0) is 37.1 Å². The van der Waals surface area contributed by atoms with E-state index < -0.39 is 5.97 Å². The summed E-state index contributed by atoms with van der Waals surface area (Å²) in [7, 11) is 0. The van der Waals surface area contributed by atoms with Crippen molar-refractivity contribution in [3.8, 4) is 5.75 Å². The van der Waals surface area contributed by atoms with E-state index in [1.165, 1.54) is 0 Å². The van der Waals surface area contributed by atoms with Gasteiger partial charge >= 0.3 is 5.97 Å². The van der Waals surface area contributed by atoms with Crippen molar-refractivity contribution in [1.82, 2.24) is 0 Å². The summed E-state index contributed by atoms with van der Waals surface area (Å²) in [6, 6.07) is 3.45. The molecular weight excluding hydrogens is 182 g/mol. The molecule has 0 saturated heterocycles. The summed E-state index contributed by atoms with van der Waals surface area (Å²) >= 11 is 0. The highest BCUT2D eigenvalue weighted by atomic mass is 16.5. The Morgan fingerprint density at radius 3 is 2.36 bits per heavy atom. The number of aryl methyl sites for hydroxylation is 2. The molecule has 0 fully saturated rings. The van der Waals surface area contributed by atoms with E-state index in [9.17, 15) is 4.79 Å². The number of benzene rings is 1. The molecule has 0 unspecified atom stereocenters. The molecule has 0 spiro atoms. The minimum atomic E-state index is -0.989. The Labute approximate surface area is 82.3 Å². The quantitative estimate of drug-likeness (QED) is 0.714. The van der Waals surface area contributed by atoms with Gasteiger partial charge in [0, 0.05) is 5.69 Å². The van der Waals surface area contributed by atoms with Crippen LogP contribution in [0.4, 0.5) is 5.69 Å². The van der Waals surface area contributed by atoms with Crippen molar-refractivity contribution in [3.05, 3.63) is 23.3 Å². The monoisotopic (exact) mass is 195 g/mol. The van der Waals surface area contributed by atoms with Gasteiger partial charge in [-0.15, -0.1) is 0 Å². The number of ether oxygens (including phenoxy) is 1. The van der Waals surface area contributed by atoms with Gasteiger partial charge in [0.2, 0.25) is 0 Å². The van der Waals surface area contributed by atoms with Crippen LogP contribution in [0.2, 0.25) is 0 Å². The summed E-state index contributed by atoms with van der Waals surface area (Å²) in [6.07, 6.45) is 0. The SMILES string of the molecule is Cc1cc(OCC(=O)O)cc(C)c1N. The lowest BCUT2D eigenvalue weighted by Gasteiger charge is -2.08. The smallest absolute Gasteiger partial charge is 0.341 e. The van der Waals surface area contributed by atoms with Crippen molar-refractivity contribution in [1.29, 1.82) is 0 Å². The Kier molecular flexibility index (Phi) is 2.96. The number of carboxylic acids is 1. The van der Waals surface area contributed by atoms with Crippen LogP contribution in [0.25, 0.3) is 0 Å². The molecule has 0 aromatic heterocycles. The van der Waals surface area contributed by atoms with Crippen LogP contribution < -0.4 is 10.5 Å². The number of hydrogen-bond acceptors (Lipinski definition) is 3. The normalized spacial score (nSPS) is 9.86. The molecule has 0 bridgehead atoms. The van der Waals surface area contributed by atoms with Gasteiger partial charge < -0.3 is 15.6 Å². The number of rotatable bonds is 3. The second kappa shape index (κ2) is 4.00. The Balaban J connectivity index is 2.84. The lowest BCUT2D eigenvalue weighted by molar-refractivity contribution is -0.139. The predicted octanol–water partition coefficient (Wildman–Crippen LogP) is 1.35. The Morgan fingerprint density at radius 2 is 1.93 bits per heavy atom. The van der Waals surface area contributed by atoms with E-state index in [0.717, 1.165) is 11.1 Å². The predicted molar refractivity (Wildman–Crippen MR) is 53.5 cm³/mol. The molecule has 4 nitrogen and oxygen atoms in total. The van der Waals surface area contributed by atoms with Gasteiger partial charge in [-0.3, -0.25) is 0 Å². The highest BCUT2D eigenvalue weighted by molar-refractivity contribution is 5.68. The fourth-order valence-corrected chi connectivity index (χ4v) is 1.16. The van der Waals surface area contributed by atoms with Crippen LogP contribution in [0.3, 0.4) is 0 Å². The van der Waals surface area contributed by atoms with Gasteiger partial charge in [-0.25, -0.2) is 4.79 Å². The van der Waals surface area contributed by atoms with Crippen LogP contribution in [0.5, 0.6) is 5.75 Å². The van der Waals surface area contributed by atoms with Gasteiger partial charge in [0.05, 0.1) is 0 Å². The van der Waals surface area contributed by atoms with E-state index in [4.69, 9.17) is 15.6 Å². The van der Waals surface area contributed by atoms with E-state index in [0.29, 0.717) is 11.4 Å². The van der Waals surface area contributed by atoms with E-state index >= 15 is 0 Å². The molecule has 0 saturated carbocycles. The maximum Gasteiger partial charge on any atom is 0.341 e. The molecule has 0 radical (unpaired) electrons. The molecule has 1 rings (SSSR count). The van der Waals surface area contributed by atoms with Crippen LogP contribution in [0, 0.1) is 13.8 Å². The molecule has 76 valence electrons. The first-order chi connectivity index (χ1) is 6.50. The zero-order valence-corrected chi connectivity index (χ0v) is 8.20. The summed E-state index contributed by atoms with van der Waals surface area (Å²) in [5.74, 6) is -0.450. The lowest BCUT2D eigenvalue weighted by atomic mass is 10.1. The minimum absolute atomic E-state index is 0.331. The van der Waals surface area contributed by atoms with E-state index in [-0.39, 0.29) is 6.61 Å². The van der Waals surface area contributed by atoms with E-state index in [1.807, 2.05) is 13.8 Å². The zero-order valence-electron chi connectivity index (χ0n) is 8.20. The molecule has 3 N–H and O–H groups in total. The van der Waals surface area contributed by atoms with Crippen LogP contribution in [-0.2, 0) is 4.79 Å². The Hall–Kier alpha value is -1.71. The minimum Gasteiger partial charge on any atom is -0.482 e. The van der Waals surface area contributed by atoms with Crippen LogP contribution in [-0.4, -0.2) is 17.7 Å². The molecule has 0 atom stereocenters. The molecule has 0 amide bonds. The number of nitrogens with two attached hydrogens (primary N) is 1. The number of carbonyl (C=O) groups is 1. The average Bonchev–Trinajstić information content (AvgIpc) is 2.10.